The zero-order valence-corrected chi connectivity index (χ0v) is 17.4. The number of hydrogen-bond acceptors (Lipinski definition) is 6. The molecule has 7 heteroatoms. The Morgan fingerprint density at radius 1 is 0.931 bits per heavy atom. The number of nitrogens with zero attached hydrogens (tertiary/aromatic N) is 1. The molecule has 2 aromatic carbocycles. The van der Waals surface area contributed by atoms with Crippen molar-refractivity contribution in [1.82, 2.24) is 5.32 Å². The van der Waals surface area contributed by atoms with Crippen LogP contribution in [0.25, 0.3) is 0 Å². The van der Waals surface area contributed by atoms with Gasteiger partial charge in [-0.05, 0) is 55.8 Å². The Kier molecular flexibility index (Phi) is 8.33. The van der Waals surface area contributed by atoms with Crippen LogP contribution in [0.1, 0.15) is 29.8 Å². The third-order valence-electron chi connectivity index (χ3n) is 4.50. The Hall–Kier alpha value is -3.22. The molecule has 0 spiro atoms. The summed E-state index contributed by atoms with van der Waals surface area (Å²) in [4.78, 5) is 26.3. The predicted octanol–water partition coefficient (Wildman–Crippen LogP) is 3.02. The lowest BCUT2D eigenvalue weighted by molar-refractivity contribution is -0.124. The van der Waals surface area contributed by atoms with Crippen molar-refractivity contribution in [2.24, 2.45) is 0 Å². The van der Waals surface area contributed by atoms with Crippen molar-refractivity contribution >= 4 is 17.6 Å². The SMILES string of the molecule is CCN(CC)c1ccc(C(=O)OCC(=O)NCc2ccc(OC)c(OC)c2)cc1. The van der Waals surface area contributed by atoms with Gasteiger partial charge in [-0.15, -0.1) is 0 Å². The molecule has 0 unspecified atom stereocenters. The summed E-state index contributed by atoms with van der Waals surface area (Å²) in [5.74, 6) is 0.285. The molecule has 1 N–H and O–H groups in total. The van der Waals surface area contributed by atoms with Crippen LogP contribution in [0.3, 0.4) is 0 Å². The fourth-order valence-corrected chi connectivity index (χ4v) is 2.85. The maximum atomic E-state index is 12.2. The highest BCUT2D eigenvalue weighted by Crippen LogP contribution is 2.27. The second kappa shape index (κ2) is 10.9. The largest absolute Gasteiger partial charge is 0.493 e. The van der Waals surface area contributed by atoms with E-state index in [1.807, 2.05) is 18.2 Å². The Bertz CT molecular complexity index is 816. The number of ether oxygens (including phenoxy) is 3. The van der Waals surface area contributed by atoms with E-state index in [2.05, 4.69) is 24.1 Å². The Morgan fingerprint density at radius 2 is 1.59 bits per heavy atom. The second-order valence-electron chi connectivity index (χ2n) is 6.26. The van der Waals surface area contributed by atoms with E-state index in [-0.39, 0.29) is 19.1 Å². The fraction of sp³-hybridized carbons (Fsp3) is 0.364. The lowest BCUT2D eigenvalue weighted by Gasteiger charge is -2.20. The van der Waals surface area contributed by atoms with Gasteiger partial charge in [-0.2, -0.15) is 0 Å². The van der Waals surface area contributed by atoms with E-state index in [4.69, 9.17) is 14.2 Å². The van der Waals surface area contributed by atoms with Crippen molar-refractivity contribution in [2.45, 2.75) is 20.4 Å². The van der Waals surface area contributed by atoms with E-state index < -0.39 is 5.97 Å². The standard InChI is InChI=1S/C22H28N2O5/c1-5-24(6-2)18-10-8-17(9-11-18)22(26)29-15-21(25)23-14-16-7-12-19(27-3)20(13-16)28-4/h7-13H,5-6,14-15H2,1-4H3,(H,23,25). The molecular formula is C22H28N2O5. The summed E-state index contributed by atoms with van der Waals surface area (Å²) in [6, 6.07) is 12.5. The number of hydrogen-bond donors (Lipinski definition) is 1. The average molecular weight is 400 g/mol. The van der Waals surface area contributed by atoms with Crippen molar-refractivity contribution in [2.75, 3.05) is 38.8 Å². The van der Waals surface area contributed by atoms with Crippen LogP contribution < -0.4 is 19.7 Å². The van der Waals surface area contributed by atoms with Crippen molar-refractivity contribution in [3.05, 3.63) is 53.6 Å². The van der Waals surface area contributed by atoms with Crippen LogP contribution in [0, 0.1) is 0 Å². The maximum absolute atomic E-state index is 12.2. The highest BCUT2D eigenvalue weighted by Gasteiger charge is 2.12. The highest BCUT2D eigenvalue weighted by atomic mass is 16.5. The first kappa shape index (κ1) is 22.1. The lowest BCUT2D eigenvalue weighted by atomic mass is 10.2. The molecule has 29 heavy (non-hydrogen) atoms. The van der Waals surface area contributed by atoms with Gasteiger partial charge in [0.2, 0.25) is 0 Å². The third-order valence-corrected chi connectivity index (χ3v) is 4.50. The predicted molar refractivity (Wildman–Crippen MR) is 112 cm³/mol. The summed E-state index contributed by atoms with van der Waals surface area (Å²) in [5.41, 5.74) is 2.29. The first-order valence-corrected chi connectivity index (χ1v) is 9.52. The molecular weight excluding hydrogens is 372 g/mol. The van der Waals surface area contributed by atoms with Gasteiger partial charge in [0.05, 0.1) is 19.8 Å². The quantitative estimate of drug-likeness (QED) is 0.618. The molecule has 2 aromatic rings. The van der Waals surface area contributed by atoms with E-state index >= 15 is 0 Å². The Labute approximate surface area is 171 Å². The Balaban J connectivity index is 1.83. The van der Waals surface area contributed by atoms with E-state index in [9.17, 15) is 9.59 Å². The summed E-state index contributed by atoms with van der Waals surface area (Å²) >= 11 is 0. The number of benzene rings is 2. The van der Waals surface area contributed by atoms with Crippen LogP contribution in [0.5, 0.6) is 11.5 Å². The fourth-order valence-electron chi connectivity index (χ4n) is 2.85. The molecule has 7 nitrogen and oxygen atoms in total. The van der Waals surface area contributed by atoms with Gasteiger partial charge in [0.15, 0.2) is 18.1 Å². The number of anilines is 1. The highest BCUT2D eigenvalue weighted by molar-refractivity contribution is 5.91. The molecule has 0 aliphatic carbocycles. The molecule has 0 aromatic heterocycles. The van der Waals surface area contributed by atoms with Gasteiger partial charge in [0, 0.05) is 25.3 Å². The maximum Gasteiger partial charge on any atom is 0.338 e. The molecule has 0 heterocycles. The average Bonchev–Trinajstić information content (AvgIpc) is 2.77. The van der Waals surface area contributed by atoms with Crippen molar-refractivity contribution in [3.8, 4) is 11.5 Å². The van der Waals surface area contributed by atoms with Gasteiger partial charge in [0.1, 0.15) is 0 Å². The van der Waals surface area contributed by atoms with Gasteiger partial charge >= 0.3 is 5.97 Å². The van der Waals surface area contributed by atoms with Gasteiger partial charge < -0.3 is 24.4 Å². The van der Waals surface area contributed by atoms with Crippen molar-refractivity contribution in [3.63, 3.8) is 0 Å². The van der Waals surface area contributed by atoms with Gasteiger partial charge in [-0.1, -0.05) is 6.07 Å². The molecule has 0 saturated heterocycles. The topological polar surface area (TPSA) is 77.1 Å². The van der Waals surface area contributed by atoms with Gasteiger partial charge in [-0.25, -0.2) is 4.79 Å². The third kappa shape index (κ3) is 6.14. The van der Waals surface area contributed by atoms with Gasteiger partial charge in [-0.3, -0.25) is 4.79 Å². The van der Waals surface area contributed by atoms with Crippen molar-refractivity contribution < 1.29 is 23.8 Å². The first-order valence-electron chi connectivity index (χ1n) is 9.52. The van der Waals surface area contributed by atoms with Crippen LogP contribution in [-0.2, 0) is 16.1 Å². The lowest BCUT2D eigenvalue weighted by Crippen LogP contribution is -2.28. The number of carbonyl (C=O) groups excluding carboxylic acids is 2. The Morgan fingerprint density at radius 3 is 2.17 bits per heavy atom. The normalized spacial score (nSPS) is 10.2. The van der Waals surface area contributed by atoms with E-state index in [0.29, 0.717) is 17.1 Å². The van der Waals surface area contributed by atoms with E-state index in [1.165, 1.54) is 0 Å². The second-order valence-corrected chi connectivity index (χ2v) is 6.26. The van der Waals surface area contributed by atoms with Crippen LogP contribution in [-0.4, -0.2) is 45.8 Å². The monoisotopic (exact) mass is 400 g/mol. The summed E-state index contributed by atoms with van der Waals surface area (Å²) in [7, 11) is 3.11. The smallest absolute Gasteiger partial charge is 0.338 e. The van der Waals surface area contributed by atoms with Gasteiger partial charge in [0.25, 0.3) is 5.91 Å². The molecule has 0 fully saturated rings. The minimum absolute atomic E-state index is 0.287. The molecule has 0 atom stereocenters. The number of nitrogens with one attached hydrogen (secondary N) is 1. The van der Waals surface area contributed by atoms with Crippen LogP contribution in [0.2, 0.25) is 0 Å². The summed E-state index contributed by atoms with van der Waals surface area (Å²) in [6.45, 7) is 5.87. The zero-order chi connectivity index (χ0) is 21.2. The molecule has 0 aliphatic rings. The van der Waals surface area contributed by atoms with E-state index in [1.54, 1.807) is 38.5 Å². The molecule has 0 radical (unpaired) electrons. The van der Waals surface area contributed by atoms with Crippen LogP contribution in [0.4, 0.5) is 5.69 Å². The minimum atomic E-state index is -0.530. The molecule has 0 aliphatic heterocycles. The summed E-state index contributed by atoms with van der Waals surface area (Å²) in [5, 5.41) is 2.71. The van der Waals surface area contributed by atoms with Crippen LogP contribution in [0.15, 0.2) is 42.5 Å². The molecule has 0 saturated carbocycles. The zero-order valence-electron chi connectivity index (χ0n) is 17.4. The number of amides is 1. The first-order chi connectivity index (χ1) is 14.0. The molecule has 156 valence electrons. The molecule has 2 rings (SSSR count). The number of methoxy groups -OCH3 is 2. The van der Waals surface area contributed by atoms with Crippen LogP contribution >= 0.6 is 0 Å². The number of rotatable bonds is 10. The summed E-state index contributed by atoms with van der Waals surface area (Å²) in [6.07, 6.45) is 0. The summed E-state index contributed by atoms with van der Waals surface area (Å²) < 4.78 is 15.5. The molecule has 1 amide bonds. The minimum Gasteiger partial charge on any atom is -0.493 e. The number of carbonyl (C=O) groups is 2. The number of esters is 1. The molecule has 0 bridgehead atoms. The van der Waals surface area contributed by atoms with E-state index in [0.717, 1.165) is 24.3 Å². The van der Waals surface area contributed by atoms with Crippen molar-refractivity contribution in [1.29, 1.82) is 0 Å².